The lowest BCUT2D eigenvalue weighted by molar-refractivity contribution is -0.144. The molecular weight excluding hydrogens is 458 g/mol. The topological polar surface area (TPSA) is 127 Å². The highest BCUT2D eigenvalue weighted by Gasteiger charge is 2.29. The lowest BCUT2D eigenvalue weighted by Crippen LogP contribution is -2.45. The molecule has 1 fully saturated rings. The number of nitrogens with zero attached hydrogens (tertiary/aromatic N) is 4. The molecular formula is C26H29N7O3. The van der Waals surface area contributed by atoms with Crippen molar-refractivity contribution in [3.63, 3.8) is 0 Å². The molecule has 10 nitrogen and oxygen atoms in total. The van der Waals surface area contributed by atoms with Gasteiger partial charge >= 0.3 is 5.97 Å². The smallest absolute Gasteiger partial charge is 0.328 e. The predicted octanol–water partition coefficient (Wildman–Crippen LogP) is 3.91. The Hall–Kier alpha value is -4.21. The number of hydrogen-bond donors (Lipinski definition) is 3. The third kappa shape index (κ3) is 4.53. The summed E-state index contributed by atoms with van der Waals surface area (Å²) in [7, 11) is 3.15. The molecule has 2 aromatic carbocycles. The Bertz CT molecular complexity index is 1420. The first-order valence-electron chi connectivity index (χ1n) is 12.0. The third-order valence-corrected chi connectivity index (χ3v) is 6.47. The second-order valence-corrected chi connectivity index (χ2v) is 9.44. The van der Waals surface area contributed by atoms with Crippen molar-refractivity contribution in [2.24, 2.45) is 13.0 Å². The number of H-pyrrole nitrogens is 1. The summed E-state index contributed by atoms with van der Waals surface area (Å²) in [6.07, 6.45) is 4.21. The average molecular weight is 488 g/mol. The average Bonchev–Trinajstić information content (AvgIpc) is 3.48. The highest BCUT2D eigenvalue weighted by molar-refractivity contribution is 5.97. The number of amides is 1. The number of rotatable bonds is 8. The van der Waals surface area contributed by atoms with E-state index in [0.29, 0.717) is 23.3 Å². The van der Waals surface area contributed by atoms with Gasteiger partial charge in [0.1, 0.15) is 6.04 Å². The quantitative estimate of drug-likeness (QED) is 0.322. The predicted molar refractivity (Wildman–Crippen MR) is 136 cm³/mol. The number of hydrogen-bond acceptors (Lipinski definition) is 7. The molecule has 1 unspecified atom stereocenters. The van der Waals surface area contributed by atoms with E-state index in [1.165, 1.54) is 25.5 Å². The summed E-state index contributed by atoms with van der Waals surface area (Å²) in [5, 5.41) is 19.1. The number of anilines is 2. The number of nitrogens with one attached hydrogen (secondary N) is 3. The third-order valence-electron chi connectivity index (χ3n) is 6.47. The molecule has 36 heavy (non-hydrogen) atoms. The van der Waals surface area contributed by atoms with Crippen LogP contribution in [0.5, 0.6) is 0 Å². The van der Waals surface area contributed by atoms with Gasteiger partial charge in [0.25, 0.3) is 5.91 Å². The van der Waals surface area contributed by atoms with Crippen molar-refractivity contribution in [1.29, 1.82) is 0 Å². The van der Waals surface area contributed by atoms with E-state index in [9.17, 15) is 9.59 Å². The number of carbonyl (C=O) groups is 2. The van der Waals surface area contributed by atoms with Crippen molar-refractivity contribution >= 4 is 34.4 Å². The summed E-state index contributed by atoms with van der Waals surface area (Å²) in [4.78, 5) is 29.4. The minimum atomic E-state index is -0.713. The molecule has 0 bridgehead atoms. The summed E-state index contributed by atoms with van der Waals surface area (Å²) in [6.45, 7) is 3.70. The van der Waals surface area contributed by atoms with Crippen LogP contribution in [0.25, 0.3) is 22.3 Å². The number of ether oxygens (including phenoxy) is 1. The van der Waals surface area contributed by atoms with Crippen LogP contribution >= 0.6 is 0 Å². The second kappa shape index (κ2) is 9.44. The van der Waals surface area contributed by atoms with Crippen LogP contribution in [0.1, 0.15) is 48.5 Å². The fourth-order valence-electron chi connectivity index (χ4n) is 4.32. The molecule has 1 amide bonds. The van der Waals surface area contributed by atoms with Crippen molar-refractivity contribution in [1.82, 2.24) is 30.3 Å². The first-order chi connectivity index (χ1) is 17.4. The first kappa shape index (κ1) is 23.5. The number of fused-ring (bicyclic) bond motifs is 1. The molecule has 4 aromatic rings. The Labute approximate surface area is 208 Å². The molecule has 10 heteroatoms. The van der Waals surface area contributed by atoms with Gasteiger partial charge in [0, 0.05) is 29.2 Å². The minimum absolute atomic E-state index is 0.0982. The highest BCUT2D eigenvalue weighted by atomic mass is 16.5. The Balaban J connectivity index is 1.34. The number of benzene rings is 2. The molecule has 2 aromatic heterocycles. The Morgan fingerprint density at radius 1 is 1.14 bits per heavy atom. The van der Waals surface area contributed by atoms with Crippen molar-refractivity contribution in [2.75, 3.05) is 12.4 Å². The van der Waals surface area contributed by atoms with Crippen molar-refractivity contribution in [3.8, 4) is 11.4 Å². The monoisotopic (exact) mass is 487 g/mol. The number of aromatic nitrogens is 5. The van der Waals surface area contributed by atoms with E-state index in [0.717, 1.165) is 22.2 Å². The van der Waals surface area contributed by atoms with E-state index in [-0.39, 0.29) is 11.8 Å². The zero-order valence-electron chi connectivity index (χ0n) is 20.7. The molecule has 2 heterocycles. The van der Waals surface area contributed by atoms with Gasteiger partial charge in [-0.3, -0.25) is 9.89 Å². The molecule has 0 spiro atoms. The van der Waals surface area contributed by atoms with Crippen LogP contribution in [-0.4, -0.2) is 50.0 Å². The zero-order valence-corrected chi connectivity index (χ0v) is 20.7. The molecule has 1 aliphatic rings. The Kier molecular flexibility index (Phi) is 6.17. The summed E-state index contributed by atoms with van der Waals surface area (Å²) < 4.78 is 6.51. The van der Waals surface area contributed by atoms with Crippen molar-refractivity contribution < 1.29 is 14.3 Å². The SMILES string of the molecule is COC(=O)C(NC(=O)c1ccc(-c2nc(Nc3ccc4[nH]ncc4c3C3CC3)n(C)n2)cc1)C(C)C. The van der Waals surface area contributed by atoms with Crippen LogP contribution in [0, 0.1) is 5.92 Å². The van der Waals surface area contributed by atoms with Crippen LogP contribution in [-0.2, 0) is 16.6 Å². The molecule has 0 radical (unpaired) electrons. The molecule has 5 rings (SSSR count). The maximum Gasteiger partial charge on any atom is 0.328 e. The Morgan fingerprint density at radius 3 is 2.56 bits per heavy atom. The lowest BCUT2D eigenvalue weighted by Gasteiger charge is -2.19. The van der Waals surface area contributed by atoms with E-state index >= 15 is 0 Å². The molecule has 1 aliphatic carbocycles. The first-order valence-corrected chi connectivity index (χ1v) is 12.0. The van der Waals surface area contributed by atoms with Gasteiger partial charge < -0.3 is 15.4 Å². The van der Waals surface area contributed by atoms with Crippen LogP contribution in [0.2, 0.25) is 0 Å². The normalized spacial score (nSPS) is 14.1. The van der Waals surface area contributed by atoms with Crippen LogP contribution in [0.15, 0.2) is 42.6 Å². The number of methoxy groups -OCH3 is 1. The van der Waals surface area contributed by atoms with E-state index in [2.05, 4.69) is 32.0 Å². The number of aryl methyl sites for hydroxylation is 1. The largest absolute Gasteiger partial charge is 0.467 e. The van der Waals surface area contributed by atoms with Gasteiger partial charge in [0.05, 0.1) is 18.8 Å². The summed E-state index contributed by atoms with van der Waals surface area (Å²) in [5.41, 5.74) is 4.50. The van der Waals surface area contributed by atoms with Crippen molar-refractivity contribution in [2.45, 2.75) is 38.6 Å². The van der Waals surface area contributed by atoms with Gasteiger partial charge in [0.2, 0.25) is 5.95 Å². The molecule has 0 saturated heterocycles. The summed E-state index contributed by atoms with van der Waals surface area (Å²) in [6, 6.07) is 10.3. The number of carbonyl (C=O) groups excluding carboxylic acids is 2. The van der Waals surface area contributed by atoms with E-state index < -0.39 is 12.0 Å². The molecule has 0 aliphatic heterocycles. The van der Waals surface area contributed by atoms with Gasteiger partial charge in [-0.25, -0.2) is 9.48 Å². The standard InChI is InChI=1S/C26H29N7O3/c1-14(2)22(25(35)36-4)29-24(34)17-9-7-16(8-10-17)23-30-26(33(3)32-23)28-20-12-11-19-18(13-27-31-19)21(20)15-5-6-15/h7-15,22H,5-6H2,1-4H3,(H,27,31)(H,29,34)(H,28,30,32). The van der Waals surface area contributed by atoms with Crippen LogP contribution < -0.4 is 10.6 Å². The lowest BCUT2D eigenvalue weighted by atomic mass is 10.0. The Morgan fingerprint density at radius 2 is 1.89 bits per heavy atom. The van der Waals surface area contributed by atoms with E-state index in [1.807, 2.05) is 33.2 Å². The maximum absolute atomic E-state index is 12.7. The fraction of sp³-hybridized carbons (Fsp3) is 0.346. The van der Waals surface area contributed by atoms with Gasteiger partial charge in [-0.1, -0.05) is 26.0 Å². The highest BCUT2D eigenvalue weighted by Crippen LogP contribution is 2.47. The molecule has 1 saturated carbocycles. The molecule has 1 atom stereocenters. The van der Waals surface area contributed by atoms with Crippen LogP contribution in [0.4, 0.5) is 11.6 Å². The summed E-state index contributed by atoms with van der Waals surface area (Å²) in [5.74, 6) is 0.774. The number of esters is 1. The van der Waals surface area contributed by atoms with Gasteiger partial charge in [-0.15, -0.1) is 5.10 Å². The zero-order chi connectivity index (χ0) is 25.4. The van der Waals surface area contributed by atoms with Gasteiger partial charge in [-0.05, 0) is 54.5 Å². The number of aromatic amines is 1. The van der Waals surface area contributed by atoms with Crippen molar-refractivity contribution in [3.05, 3.63) is 53.7 Å². The summed E-state index contributed by atoms with van der Waals surface area (Å²) >= 11 is 0. The van der Waals surface area contributed by atoms with Gasteiger partial charge in [-0.2, -0.15) is 10.1 Å². The maximum atomic E-state index is 12.7. The second-order valence-electron chi connectivity index (χ2n) is 9.44. The van der Waals surface area contributed by atoms with Crippen LogP contribution in [0.3, 0.4) is 0 Å². The van der Waals surface area contributed by atoms with Gasteiger partial charge in [0.15, 0.2) is 5.82 Å². The van der Waals surface area contributed by atoms with E-state index in [4.69, 9.17) is 9.72 Å². The molecule has 3 N–H and O–H groups in total. The fourth-order valence-corrected chi connectivity index (χ4v) is 4.32. The minimum Gasteiger partial charge on any atom is -0.467 e. The van der Waals surface area contributed by atoms with E-state index in [1.54, 1.807) is 28.9 Å². The molecule has 186 valence electrons.